The molecule has 0 radical (unpaired) electrons. The number of hydrogen-bond acceptors (Lipinski definition) is 8. The van der Waals surface area contributed by atoms with Crippen LogP contribution in [-0.4, -0.2) is 66.1 Å². The second-order valence-electron chi connectivity index (χ2n) is 7.86. The molecular formula is C22H27N5O5S. The first-order valence-electron chi connectivity index (χ1n) is 10.5. The van der Waals surface area contributed by atoms with E-state index in [2.05, 4.69) is 16.0 Å². The van der Waals surface area contributed by atoms with Gasteiger partial charge in [0.25, 0.3) is 0 Å². The summed E-state index contributed by atoms with van der Waals surface area (Å²) in [6.07, 6.45) is 0.620. The lowest BCUT2D eigenvalue weighted by atomic mass is 9.95. The predicted molar refractivity (Wildman–Crippen MR) is 122 cm³/mol. The third kappa shape index (κ3) is 4.70. The van der Waals surface area contributed by atoms with E-state index in [-0.39, 0.29) is 23.6 Å². The van der Waals surface area contributed by atoms with Gasteiger partial charge in [-0.15, -0.1) is 11.8 Å². The van der Waals surface area contributed by atoms with Gasteiger partial charge in [-0.2, -0.15) is 0 Å². The number of imide groups is 1. The lowest BCUT2D eigenvalue weighted by Crippen LogP contribution is -2.72. The van der Waals surface area contributed by atoms with Crippen molar-refractivity contribution in [1.82, 2.24) is 25.8 Å². The van der Waals surface area contributed by atoms with Gasteiger partial charge in [0.2, 0.25) is 11.8 Å². The fourth-order valence-electron chi connectivity index (χ4n) is 4.10. The second kappa shape index (κ2) is 9.86. The first kappa shape index (κ1) is 23.1. The fraction of sp³-hybridized carbons (Fsp3) is 0.409. The number of furan rings is 1. The van der Waals surface area contributed by atoms with Gasteiger partial charge < -0.3 is 19.4 Å². The molecule has 4 amide bonds. The maximum absolute atomic E-state index is 13.1. The maximum atomic E-state index is 13.1. The van der Waals surface area contributed by atoms with Crippen LogP contribution in [0.4, 0.5) is 4.79 Å². The minimum Gasteiger partial charge on any atom is -0.496 e. The highest BCUT2D eigenvalue weighted by molar-refractivity contribution is 8.00. The number of carbonyl (C=O) groups excluding carboxylic acids is 3. The number of ether oxygens (including phenoxy) is 1. The molecule has 4 rings (SSSR count). The number of nitrogens with zero attached hydrogens (tertiary/aromatic N) is 2. The van der Waals surface area contributed by atoms with Crippen molar-refractivity contribution in [3.8, 4) is 5.75 Å². The molecule has 2 aromatic rings. The number of methoxy groups -OCH3 is 1. The van der Waals surface area contributed by atoms with Crippen LogP contribution in [0.15, 0.2) is 47.1 Å². The third-order valence-corrected chi connectivity index (χ3v) is 7.06. The number of benzene rings is 1. The molecule has 3 heterocycles. The van der Waals surface area contributed by atoms with E-state index in [4.69, 9.17) is 9.15 Å². The van der Waals surface area contributed by atoms with Crippen LogP contribution in [0.3, 0.4) is 0 Å². The first-order chi connectivity index (χ1) is 15.9. The minimum atomic E-state index is -0.577. The SMILES string of the molecule is COc1ccccc1C1NC(SCC(=O)NCc2ccco2)C2C(=O)N(C)C(=O)N(C)C2N1. The fourth-order valence-corrected chi connectivity index (χ4v) is 5.24. The molecule has 0 aliphatic carbocycles. The molecule has 10 nitrogen and oxygen atoms in total. The number of amides is 4. The number of urea groups is 1. The molecule has 4 atom stereocenters. The van der Waals surface area contributed by atoms with E-state index in [0.29, 0.717) is 18.1 Å². The maximum Gasteiger partial charge on any atom is 0.327 e. The lowest BCUT2D eigenvalue weighted by Gasteiger charge is -2.50. The Balaban J connectivity index is 1.53. The second-order valence-corrected chi connectivity index (χ2v) is 8.99. The molecule has 1 aromatic heterocycles. The normalized spacial score (nSPS) is 25.1. The van der Waals surface area contributed by atoms with Crippen molar-refractivity contribution < 1.29 is 23.5 Å². The van der Waals surface area contributed by atoms with Crippen LogP contribution in [0.1, 0.15) is 17.5 Å². The number of nitrogens with one attached hydrogen (secondary N) is 3. The van der Waals surface area contributed by atoms with E-state index in [0.717, 1.165) is 10.5 Å². The average molecular weight is 474 g/mol. The van der Waals surface area contributed by atoms with Crippen molar-refractivity contribution in [2.75, 3.05) is 27.0 Å². The summed E-state index contributed by atoms with van der Waals surface area (Å²) in [7, 11) is 4.73. The van der Waals surface area contributed by atoms with Gasteiger partial charge in [-0.05, 0) is 18.2 Å². The molecule has 0 spiro atoms. The molecule has 0 saturated carbocycles. The molecule has 2 aliphatic rings. The smallest absolute Gasteiger partial charge is 0.327 e. The Bertz CT molecular complexity index is 1020. The Labute approximate surface area is 196 Å². The first-order valence-corrected chi connectivity index (χ1v) is 11.6. The molecule has 3 N–H and O–H groups in total. The number of hydrogen-bond donors (Lipinski definition) is 3. The van der Waals surface area contributed by atoms with E-state index in [1.54, 1.807) is 32.6 Å². The Morgan fingerprint density at radius 1 is 1.18 bits per heavy atom. The van der Waals surface area contributed by atoms with Gasteiger partial charge in [-0.1, -0.05) is 18.2 Å². The van der Waals surface area contributed by atoms with Crippen LogP contribution < -0.4 is 20.7 Å². The number of para-hydroxylation sites is 1. The van der Waals surface area contributed by atoms with Crippen molar-refractivity contribution in [2.45, 2.75) is 24.3 Å². The van der Waals surface area contributed by atoms with Crippen molar-refractivity contribution in [2.24, 2.45) is 5.92 Å². The zero-order valence-electron chi connectivity index (χ0n) is 18.6. The minimum absolute atomic E-state index is 0.134. The number of rotatable bonds is 7. The average Bonchev–Trinajstić information content (AvgIpc) is 3.36. The van der Waals surface area contributed by atoms with E-state index in [9.17, 15) is 14.4 Å². The molecule has 0 bridgehead atoms. The summed E-state index contributed by atoms with van der Waals surface area (Å²) >= 11 is 1.33. The van der Waals surface area contributed by atoms with Crippen LogP contribution in [0.25, 0.3) is 0 Å². The van der Waals surface area contributed by atoms with Crippen molar-refractivity contribution in [3.63, 3.8) is 0 Å². The van der Waals surface area contributed by atoms with Crippen LogP contribution in [0, 0.1) is 5.92 Å². The molecule has 4 unspecified atom stereocenters. The molecule has 33 heavy (non-hydrogen) atoms. The van der Waals surface area contributed by atoms with Gasteiger partial charge in [0.05, 0.1) is 49.3 Å². The highest BCUT2D eigenvalue weighted by Crippen LogP contribution is 2.36. The molecule has 2 fully saturated rings. The molecule has 1 aromatic carbocycles. The molecule has 2 saturated heterocycles. The topological polar surface area (TPSA) is 116 Å². The molecule has 176 valence electrons. The van der Waals surface area contributed by atoms with Gasteiger partial charge >= 0.3 is 6.03 Å². The number of carbonyl (C=O) groups is 3. The summed E-state index contributed by atoms with van der Waals surface area (Å²) in [6, 6.07) is 10.7. The number of thioether (sulfide) groups is 1. The van der Waals surface area contributed by atoms with E-state index in [1.165, 1.54) is 23.7 Å². The zero-order chi connectivity index (χ0) is 23.5. The van der Waals surface area contributed by atoms with E-state index in [1.807, 2.05) is 24.3 Å². The van der Waals surface area contributed by atoms with E-state index < -0.39 is 23.6 Å². The molecule has 2 aliphatic heterocycles. The summed E-state index contributed by atoms with van der Waals surface area (Å²) in [5, 5.41) is 9.21. The highest BCUT2D eigenvalue weighted by atomic mass is 32.2. The van der Waals surface area contributed by atoms with Crippen molar-refractivity contribution in [3.05, 3.63) is 54.0 Å². The van der Waals surface area contributed by atoms with Crippen LogP contribution >= 0.6 is 11.8 Å². The predicted octanol–water partition coefficient (Wildman–Crippen LogP) is 1.32. The largest absolute Gasteiger partial charge is 0.496 e. The standard InChI is InChI=1S/C22H27N5O5S/c1-26-19-17(21(29)27(2)22(26)30)20(33-12-16(28)23-11-13-7-6-10-32-13)25-18(24-19)14-8-4-5-9-15(14)31-3/h4-10,17-20,24-25H,11-12H2,1-3H3,(H,23,28). The van der Waals surface area contributed by atoms with Gasteiger partial charge in [-0.25, -0.2) is 4.79 Å². The summed E-state index contributed by atoms with van der Waals surface area (Å²) in [6.45, 7) is 0.293. The summed E-state index contributed by atoms with van der Waals surface area (Å²) in [4.78, 5) is 40.8. The Hall–Kier alpha value is -3.02. The van der Waals surface area contributed by atoms with Gasteiger partial charge in [0.15, 0.2) is 0 Å². The van der Waals surface area contributed by atoms with E-state index >= 15 is 0 Å². The number of fused-ring (bicyclic) bond motifs is 1. The summed E-state index contributed by atoms with van der Waals surface area (Å²) < 4.78 is 10.7. The van der Waals surface area contributed by atoms with Crippen LogP contribution in [-0.2, 0) is 16.1 Å². The Morgan fingerprint density at radius 2 is 1.97 bits per heavy atom. The van der Waals surface area contributed by atoms with Crippen molar-refractivity contribution in [1.29, 1.82) is 0 Å². The molecule has 11 heteroatoms. The zero-order valence-corrected chi connectivity index (χ0v) is 19.4. The monoisotopic (exact) mass is 473 g/mol. The van der Waals surface area contributed by atoms with Crippen LogP contribution in [0.2, 0.25) is 0 Å². The van der Waals surface area contributed by atoms with Crippen LogP contribution in [0.5, 0.6) is 5.75 Å². The quantitative estimate of drug-likeness (QED) is 0.552. The highest BCUT2D eigenvalue weighted by Gasteiger charge is 2.51. The van der Waals surface area contributed by atoms with Gasteiger partial charge in [0.1, 0.15) is 11.5 Å². The van der Waals surface area contributed by atoms with Gasteiger partial charge in [0, 0.05) is 19.7 Å². The third-order valence-electron chi connectivity index (χ3n) is 5.84. The molecular weight excluding hydrogens is 446 g/mol. The van der Waals surface area contributed by atoms with Crippen molar-refractivity contribution >= 4 is 29.6 Å². The summed E-state index contributed by atoms with van der Waals surface area (Å²) in [5.41, 5.74) is 0.846. The lowest BCUT2D eigenvalue weighted by molar-refractivity contribution is -0.140. The Morgan fingerprint density at radius 3 is 2.70 bits per heavy atom. The van der Waals surface area contributed by atoms with Gasteiger partial charge in [-0.3, -0.25) is 25.1 Å². The summed E-state index contributed by atoms with van der Waals surface area (Å²) in [5.74, 6) is 0.419. The Kier molecular flexibility index (Phi) is 6.91.